The van der Waals surface area contributed by atoms with Crippen molar-refractivity contribution in [2.75, 3.05) is 26.4 Å². The summed E-state index contributed by atoms with van der Waals surface area (Å²) in [4.78, 5) is 13.4. The summed E-state index contributed by atoms with van der Waals surface area (Å²) >= 11 is 0. The van der Waals surface area contributed by atoms with Crippen LogP contribution in [0.1, 0.15) is 251 Å². The molecule has 0 radical (unpaired) electrons. The van der Waals surface area contributed by atoms with Gasteiger partial charge in [0.25, 0.3) is 0 Å². The van der Waals surface area contributed by atoms with Gasteiger partial charge in [-0.15, -0.1) is 0 Å². The van der Waals surface area contributed by atoms with Gasteiger partial charge in [-0.3, -0.25) is 4.79 Å². The Balaban J connectivity index is 1.43. The van der Waals surface area contributed by atoms with Gasteiger partial charge in [-0.2, -0.15) is 0 Å². The number of ether oxygens (including phenoxy) is 6. The minimum Gasteiger partial charge on any atom is -0.394 e. The highest BCUT2D eigenvalue weighted by molar-refractivity contribution is 5.76. The van der Waals surface area contributed by atoms with Gasteiger partial charge < -0.3 is 89.9 Å². The minimum absolute atomic E-state index is 0.158. The van der Waals surface area contributed by atoms with Crippen molar-refractivity contribution < 1.29 is 89.4 Å². The summed E-state index contributed by atoms with van der Waals surface area (Å²) in [6.45, 7) is 1.59. The lowest BCUT2D eigenvalue weighted by atomic mass is 9.96. The van der Waals surface area contributed by atoms with E-state index in [1.54, 1.807) is 6.08 Å². The Morgan fingerprint density at radius 1 is 0.385 bits per heavy atom. The predicted molar refractivity (Wildman–Crippen MR) is 378 cm³/mol. The molecule has 0 spiro atoms. The third kappa shape index (κ3) is 37.9. The molecule has 3 heterocycles. The largest absolute Gasteiger partial charge is 0.394 e. The number of allylic oxidation sites excluding steroid dienone is 15. The Hall–Kier alpha value is -3.29. The molecule has 0 aromatic heterocycles. The normalized spacial score (nSPS) is 27.6. The topological polar surface area (TPSA) is 307 Å². The van der Waals surface area contributed by atoms with Crippen LogP contribution in [0.5, 0.6) is 0 Å². The van der Waals surface area contributed by atoms with E-state index in [9.17, 15) is 61.0 Å². The highest BCUT2D eigenvalue weighted by Gasteiger charge is 2.53. The van der Waals surface area contributed by atoms with Crippen LogP contribution in [0.15, 0.2) is 97.2 Å². The Kier molecular flexibility index (Phi) is 51.9. The number of hydrogen-bond donors (Lipinski definition) is 12. The minimum atomic E-state index is -1.99. The average molecular weight is 1360 g/mol. The van der Waals surface area contributed by atoms with E-state index in [0.29, 0.717) is 12.8 Å². The van der Waals surface area contributed by atoms with Crippen LogP contribution in [0.4, 0.5) is 0 Å². The molecule has 17 atom stereocenters. The Labute approximate surface area is 577 Å². The zero-order chi connectivity index (χ0) is 69.6. The first-order chi connectivity index (χ1) is 46.8. The molecule has 0 aromatic carbocycles. The molecule has 19 nitrogen and oxygen atoms in total. The van der Waals surface area contributed by atoms with E-state index in [1.807, 2.05) is 12.2 Å². The summed E-state index contributed by atoms with van der Waals surface area (Å²) in [6, 6.07) is -1.01. The van der Waals surface area contributed by atoms with Gasteiger partial charge in [0.15, 0.2) is 18.9 Å². The van der Waals surface area contributed by atoms with Gasteiger partial charge in [-0.05, 0) is 70.6 Å². The standard InChI is InChI=1S/C77H133NO18/c1-3-5-7-9-11-13-15-17-19-21-23-25-27-28-29-30-31-33-34-36-38-40-42-44-46-48-50-52-54-61(82)60(78-65(83)55-53-51-49-47-45-43-41-39-37-35-32-26-24-22-20-18-16-14-12-10-8-6-4-2)59-91-75-71(89)68(86)73(63(57-80)93-75)96-77-72(90)69(87)74(64(58-81)94-77)95-76-70(88)67(85)66(84)62(56-79)92-76/h6,8,12,14,18,20,24,26,35,37,41,43,47,49,52,54,60-64,66-77,79-82,84-90H,3-5,7,9-11,13,15-17,19,21-23,25,27-34,36,38-40,42,44-46,48,50-51,53,55-59H2,1-2H3,(H,78,83)/b8-6-,14-12-,20-18-,26-24-,37-35-,43-41-,49-47-,54-52+. The maximum absolute atomic E-state index is 13.4. The number of hydrogen-bond acceptors (Lipinski definition) is 18. The summed E-state index contributed by atoms with van der Waals surface area (Å²) in [5.41, 5.74) is 0. The van der Waals surface area contributed by atoms with Crippen LogP contribution in [0, 0.1) is 0 Å². The number of aliphatic hydroxyl groups excluding tert-OH is 11. The monoisotopic (exact) mass is 1360 g/mol. The fourth-order valence-corrected chi connectivity index (χ4v) is 12.1. The van der Waals surface area contributed by atoms with Crippen molar-refractivity contribution in [2.24, 2.45) is 0 Å². The maximum Gasteiger partial charge on any atom is 0.220 e. The number of nitrogens with one attached hydrogen (secondary N) is 1. The van der Waals surface area contributed by atoms with E-state index in [4.69, 9.17) is 28.4 Å². The SMILES string of the molecule is CC/C=C\C/C=C\C/C=C\C/C=C\C/C=C\C/C=C\C/C=C\CCCC(=O)NC(COC1OC(CO)C(OC2OC(CO)C(OC3OC(CO)C(O)C(O)C3O)C(O)C2O)C(O)C1O)C(O)/C=C/CCCCCCCCCCCCCCCCCCCCCCCCCCCC. The number of carbonyl (C=O) groups excluding carboxylic acids is 1. The van der Waals surface area contributed by atoms with Crippen molar-refractivity contribution in [2.45, 2.75) is 356 Å². The third-order valence-corrected chi connectivity index (χ3v) is 18.1. The molecule has 19 heteroatoms. The van der Waals surface area contributed by atoms with Crippen LogP contribution in [-0.2, 0) is 33.2 Å². The van der Waals surface area contributed by atoms with E-state index in [-0.39, 0.29) is 18.9 Å². The summed E-state index contributed by atoms with van der Waals surface area (Å²) in [5.74, 6) is -0.334. The van der Waals surface area contributed by atoms with Crippen molar-refractivity contribution >= 4 is 5.91 Å². The summed E-state index contributed by atoms with van der Waals surface area (Å²) in [5, 5.41) is 121. The van der Waals surface area contributed by atoms with E-state index < -0.39 is 124 Å². The van der Waals surface area contributed by atoms with Gasteiger partial charge in [-0.1, -0.05) is 272 Å². The van der Waals surface area contributed by atoms with Crippen molar-refractivity contribution in [3.8, 4) is 0 Å². The quantitative estimate of drug-likeness (QED) is 0.0199. The number of carbonyl (C=O) groups is 1. The Bertz CT molecular complexity index is 2110. The van der Waals surface area contributed by atoms with Crippen LogP contribution >= 0.6 is 0 Å². The molecule has 3 aliphatic heterocycles. The molecule has 96 heavy (non-hydrogen) atoms. The van der Waals surface area contributed by atoms with E-state index in [1.165, 1.54) is 148 Å². The van der Waals surface area contributed by atoms with Gasteiger partial charge in [0, 0.05) is 6.42 Å². The molecule has 3 saturated heterocycles. The highest BCUT2D eigenvalue weighted by Crippen LogP contribution is 2.33. The van der Waals surface area contributed by atoms with Gasteiger partial charge in [0.1, 0.15) is 73.2 Å². The lowest BCUT2D eigenvalue weighted by Crippen LogP contribution is -2.66. The molecule has 12 N–H and O–H groups in total. The fourth-order valence-electron chi connectivity index (χ4n) is 12.1. The lowest BCUT2D eigenvalue weighted by Gasteiger charge is -2.48. The van der Waals surface area contributed by atoms with Gasteiger partial charge in [-0.25, -0.2) is 0 Å². The molecule has 3 aliphatic rings. The van der Waals surface area contributed by atoms with Crippen LogP contribution in [-0.4, -0.2) is 193 Å². The van der Waals surface area contributed by atoms with E-state index >= 15 is 0 Å². The highest BCUT2D eigenvalue weighted by atomic mass is 16.8. The molecule has 17 unspecified atom stereocenters. The van der Waals surface area contributed by atoms with Crippen molar-refractivity contribution in [3.05, 3.63) is 97.2 Å². The molecule has 3 fully saturated rings. The predicted octanol–water partition coefficient (Wildman–Crippen LogP) is 11.2. The van der Waals surface area contributed by atoms with Crippen molar-refractivity contribution in [1.29, 1.82) is 0 Å². The number of amides is 1. The van der Waals surface area contributed by atoms with E-state index in [2.05, 4.69) is 98.2 Å². The molecular formula is C77H133NO18. The first-order valence-corrected chi connectivity index (χ1v) is 37.5. The number of rotatable bonds is 57. The Morgan fingerprint density at radius 2 is 0.719 bits per heavy atom. The zero-order valence-corrected chi connectivity index (χ0v) is 58.8. The molecule has 0 aliphatic carbocycles. The van der Waals surface area contributed by atoms with Gasteiger partial charge in [0.05, 0.1) is 38.6 Å². The van der Waals surface area contributed by atoms with Crippen LogP contribution in [0.3, 0.4) is 0 Å². The molecule has 3 rings (SSSR count). The molecule has 0 bridgehead atoms. The third-order valence-electron chi connectivity index (χ3n) is 18.1. The smallest absolute Gasteiger partial charge is 0.220 e. The fraction of sp³-hybridized carbons (Fsp3) is 0.779. The molecule has 0 saturated carbocycles. The maximum atomic E-state index is 13.4. The second-order valence-electron chi connectivity index (χ2n) is 26.4. The summed E-state index contributed by atoms with van der Waals surface area (Å²) in [6.07, 6.45) is 49.6. The Morgan fingerprint density at radius 3 is 1.11 bits per heavy atom. The second-order valence-corrected chi connectivity index (χ2v) is 26.4. The van der Waals surface area contributed by atoms with Crippen LogP contribution in [0.2, 0.25) is 0 Å². The van der Waals surface area contributed by atoms with Crippen LogP contribution < -0.4 is 5.32 Å². The summed E-state index contributed by atoms with van der Waals surface area (Å²) in [7, 11) is 0. The second kappa shape index (κ2) is 57.3. The summed E-state index contributed by atoms with van der Waals surface area (Å²) < 4.78 is 34.4. The zero-order valence-electron chi connectivity index (χ0n) is 58.8. The van der Waals surface area contributed by atoms with Crippen LogP contribution in [0.25, 0.3) is 0 Å². The lowest BCUT2D eigenvalue weighted by molar-refractivity contribution is -0.379. The van der Waals surface area contributed by atoms with Crippen molar-refractivity contribution in [3.63, 3.8) is 0 Å². The molecule has 554 valence electrons. The first kappa shape index (κ1) is 86.9. The number of aliphatic hydroxyl groups is 11. The van der Waals surface area contributed by atoms with Gasteiger partial charge >= 0.3 is 0 Å². The van der Waals surface area contributed by atoms with Crippen molar-refractivity contribution in [1.82, 2.24) is 5.32 Å². The first-order valence-electron chi connectivity index (χ1n) is 37.5. The molecule has 0 aromatic rings. The van der Waals surface area contributed by atoms with E-state index in [0.717, 1.165) is 70.6 Å². The number of unbranched alkanes of at least 4 members (excludes halogenated alkanes) is 27. The molecular weight excluding hydrogens is 1230 g/mol. The average Bonchev–Trinajstić information content (AvgIpc) is 0.788. The molecule has 1 amide bonds. The van der Waals surface area contributed by atoms with Gasteiger partial charge in [0.2, 0.25) is 5.91 Å².